The van der Waals surface area contributed by atoms with Crippen molar-refractivity contribution in [3.8, 4) is 17.2 Å². The second-order valence-electron chi connectivity index (χ2n) is 7.61. The molecule has 0 fully saturated rings. The lowest BCUT2D eigenvalue weighted by Gasteiger charge is -2.07. The van der Waals surface area contributed by atoms with Crippen molar-refractivity contribution < 1.29 is 18.5 Å². The number of unbranched alkanes of at least 4 members (excludes halogenated alkanes) is 1. The van der Waals surface area contributed by atoms with Crippen LogP contribution >= 0.6 is 15.9 Å². The molecule has 0 N–H and O–H groups in total. The Hall–Kier alpha value is -2.93. The van der Waals surface area contributed by atoms with Crippen LogP contribution in [0.5, 0.6) is 5.75 Å². The average Bonchev–Trinajstić information content (AvgIpc) is 3.40. The minimum Gasteiger partial charge on any atom is -0.494 e. The van der Waals surface area contributed by atoms with Crippen LogP contribution in [0.2, 0.25) is 0 Å². The van der Waals surface area contributed by atoms with Crippen LogP contribution in [0, 0.1) is 6.92 Å². The van der Waals surface area contributed by atoms with E-state index >= 15 is 0 Å². The fraction of sp³-hybridized carbons (Fsp3) is 0.320. The van der Waals surface area contributed by atoms with Gasteiger partial charge in [-0.25, -0.2) is 0 Å². The zero-order chi connectivity index (χ0) is 22.5. The van der Waals surface area contributed by atoms with Gasteiger partial charge in [0.2, 0.25) is 0 Å². The number of nitrogens with zero attached hydrogens (tertiary/aromatic N) is 2. The van der Waals surface area contributed by atoms with Crippen LogP contribution < -0.4 is 4.74 Å². The third-order valence-corrected chi connectivity index (χ3v) is 5.74. The van der Waals surface area contributed by atoms with Crippen molar-refractivity contribution in [2.24, 2.45) is 0 Å². The number of furan rings is 1. The normalized spacial score (nSPS) is 11.2. The summed E-state index contributed by atoms with van der Waals surface area (Å²) < 4.78 is 17.1. The fourth-order valence-corrected chi connectivity index (χ4v) is 3.78. The number of alkyl halides is 1. The van der Waals surface area contributed by atoms with Gasteiger partial charge in [-0.05, 0) is 62.2 Å². The molecular weight excluding hydrogens is 472 g/mol. The van der Waals surface area contributed by atoms with E-state index in [4.69, 9.17) is 13.7 Å². The molecule has 7 heteroatoms. The summed E-state index contributed by atoms with van der Waals surface area (Å²) in [6.45, 7) is 4.52. The maximum atomic E-state index is 13.6. The number of hydrogen-bond acceptors (Lipinski definition) is 6. The summed E-state index contributed by atoms with van der Waals surface area (Å²) in [6, 6.07) is 12.9. The fourth-order valence-electron chi connectivity index (χ4n) is 3.55. The van der Waals surface area contributed by atoms with Crippen molar-refractivity contribution in [3.05, 3.63) is 65.2 Å². The van der Waals surface area contributed by atoms with Crippen LogP contribution in [0.1, 0.15) is 53.7 Å². The summed E-state index contributed by atoms with van der Waals surface area (Å²) in [4.78, 5) is 17.9. The summed E-state index contributed by atoms with van der Waals surface area (Å²) in [7, 11) is 0. The highest BCUT2D eigenvalue weighted by Gasteiger charge is 2.23. The van der Waals surface area contributed by atoms with Crippen molar-refractivity contribution in [2.75, 3.05) is 11.9 Å². The number of fused-ring (bicyclic) bond motifs is 1. The van der Waals surface area contributed by atoms with Crippen LogP contribution in [-0.2, 0) is 6.42 Å². The maximum absolute atomic E-state index is 13.6. The maximum Gasteiger partial charge on any atom is 0.257 e. The number of carbonyl (C=O) groups excluding carboxylic acids is 1. The predicted molar refractivity (Wildman–Crippen MR) is 127 cm³/mol. The predicted octanol–water partition coefficient (Wildman–Crippen LogP) is 6.53. The van der Waals surface area contributed by atoms with E-state index in [1.165, 1.54) is 0 Å². The Morgan fingerprint density at radius 3 is 2.62 bits per heavy atom. The standard InChI is InChI=1S/C25H25BrN2O4/c1-3-4-6-22-23(24(29)17-7-10-19(11-8-17)30-14-5-13-26)20-15-18(9-12-21(20)31-22)25-27-16(2)28-32-25/h7-12,15H,3-6,13-14H2,1-2H3. The van der Waals surface area contributed by atoms with Gasteiger partial charge >= 0.3 is 0 Å². The molecule has 4 aromatic rings. The van der Waals surface area contributed by atoms with Gasteiger partial charge in [0.25, 0.3) is 5.89 Å². The molecule has 32 heavy (non-hydrogen) atoms. The van der Waals surface area contributed by atoms with Crippen LogP contribution in [0.25, 0.3) is 22.4 Å². The summed E-state index contributed by atoms with van der Waals surface area (Å²) in [5.41, 5.74) is 2.62. The van der Waals surface area contributed by atoms with Crippen molar-refractivity contribution in [1.82, 2.24) is 10.1 Å². The molecule has 2 heterocycles. The van der Waals surface area contributed by atoms with Crippen LogP contribution in [-0.4, -0.2) is 27.9 Å². The molecule has 0 atom stereocenters. The molecule has 4 rings (SSSR count). The molecule has 2 aromatic carbocycles. The van der Waals surface area contributed by atoms with E-state index in [2.05, 4.69) is 33.0 Å². The van der Waals surface area contributed by atoms with Gasteiger partial charge in [0.05, 0.1) is 12.2 Å². The molecule has 0 aliphatic rings. The van der Waals surface area contributed by atoms with E-state index in [1.807, 2.05) is 30.3 Å². The molecule has 0 amide bonds. The average molecular weight is 497 g/mol. The number of aromatic nitrogens is 2. The lowest BCUT2D eigenvalue weighted by atomic mass is 9.97. The highest BCUT2D eigenvalue weighted by molar-refractivity contribution is 9.09. The number of carbonyl (C=O) groups is 1. The summed E-state index contributed by atoms with van der Waals surface area (Å²) in [5.74, 6) is 2.37. The summed E-state index contributed by atoms with van der Waals surface area (Å²) in [5, 5.41) is 5.52. The molecule has 0 aliphatic heterocycles. The minimum absolute atomic E-state index is 0.0688. The third-order valence-electron chi connectivity index (χ3n) is 5.18. The Morgan fingerprint density at radius 1 is 1.12 bits per heavy atom. The SMILES string of the molecule is CCCCc1oc2ccc(-c3nc(C)no3)cc2c1C(=O)c1ccc(OCCCBr)cc1. The number of hydrogen-bond donors (Lipinski definition) is 0. The molecule has 0 saturated heterocycles. The van der Waals surface area contributed by atoms with Gasteiger partial charge in [-0.1, -0.05) is 34.4 Å². The van der Waals surface area contributed by atoms with E-state index in [0.717, 1.165) is 41.3 Å². The monoisotopic (exact) mass is 496 g/mol. The molecule has 0 aliphatic carbocycles. The number of ketones is 1. The Kier molecular flexibility index (Phi) is 7.05. The first kappa shape index (κ1) is 22.3. The van der Waals surface area contributed by atoms with E-state index in [1.54, 1.807) is 19.1 Å². The number of aryl methyl sites for hydroxylation is 2. The topological polar surface area (TPSA) is 78.4 Å². The van der Waals surface area contributed by atoms with Crippen molar-refractivity contribution in [1.29, 1.82) is 0 Å². The van der Waals surface area contributed by atoms with Gasteiger partial charge < -0.3 is 13.7 Å². The number of rotatable bonds is 10. The van der Waals surface area contributed by atoms with Crippen LogP contribution in [0.15, 0.2) is 51.4 Å². The van der Waals surface area contributed by atoms with Gasteiger partial charge in [0.1, 0.15) is 17.1 Å². The quantitative estimate of drug-likeness (QED) is 0.141. The number of ether oxygens (including phenoxy) is 1. The minimum atomic E-state index is -0.0688. The van der Waals surface area contributed by atoms with Gasteiger partial charge in [0, 0.05) is 28.3 Å². The van der Waals surface area contributed by atoms with E-state index < -0.39 is 0 Å². The first-order valence-corrected chi connectivity index (χ1v) is 11.9. The van der Waals surface area contributed by atoms with Crippen molar-refractivity contribution in [2.45, 2.75) is 39.5 Å². The van der Waals surface area contributed by atoms with Crippen LogP contribution in [0.4, 0.5) is 0 Å². The highest BCUT2D eigenvalue weighted by atomic mass is 79.9. The zero-order valence-corrected chi connectivity index (χ0v) is 19.8. The lowest BCUT2D eigenvalue weighted by molar-refractivity contribution is 0.103. The van der Waals surface area contributed by atoms with E-state index in [0.29, 0.717) is 47.2 Å². The molecule has 0 unspecified atom stereocenters. The molecule has 0 saturated carbocycles. The Bertz CT molecular complexity index is 1210. The third kappa shape index (κ3) is 4.78. The van der Waals surface area contributed by atoms with Gasteiger partial charge in [-0.15, -0.1) is 0 Å². The molecule has 0 spiro atoms. The molecule has 2 aromatic heterocycles. The Balaban J connectivity index is 1.72. The zero-order valence-electron chi connectivity index (χ0n) is 18.2. The molecule has 166 valence electrons. The number of benzene rings is 2. The molecular formula is C25H25BrN2O4. The molecule has 0 radical (unpaired) electrons. The van der Waals surface area contributed by atoms with E-state index in [-0.39, 0.29) is 5.78 Å². The Morgan fingerprint density at radius 2 is 1.94 bits per heavy atom. The summed E-state index contributed by atoms with van der Waals surface area (Å²) >= 11 is 3.39. The first-order valence-electron chi connectivity index (χ1n) is 10.8. The number of halogens is 1. The van der Waals surface area contributed by atoms with Crippen LogP contribution in [0.3, 0.4) is 0 Å². The van der Waals surface area contributed by atoms with Crippen molar-refractivity contribution >= 4 is 32.7 Å². The smallest absolute Gasteiger partial charge is 0.257 e. The summed E-state index contributed by atoms with van der Waals surface area (Å²) in [6.07, 6.45) is 3.58. The largest absolute Gasteiger partial charge is 0.494 e. The molecule has 0 bridgehead atoms. The van der Waals surface area contributed by atoms with Gasteiger partial charge in [0.15, 0.2) is 11.6 Å². The van der Waals surface area contributed by atoms with Gasteiger partial charge in [-0.3, -0.25) is 4.79 Å². The van der Waals surface area contributed by atoms with E-state index in [9.17, 15) is 4.79 Å². The second kappa shape index (κ2) is 10.1. The Labute approximate surface area is 195 Å². The molecule has 6 nitrogen and oxygen atoms in total. The van der Waals surface area contributed by atoms with Gasteiger partial charge in [-0.2, -0.15) is 4.98 Å². The second-order valence-corrected chi connectivity index (χ2v) is 8.40. The lowest BCUT2D eigenvalue weighted by Crippen LogP contribution is -2.04. The highest BCUT2D eigenvalue weighted by Crippen LogP contribution is 2.33. The van der Waals surface area contributed by atoms with Crippen molar-refractivity contribution in [3.63, 3.8) is 0 Å². The first-order chi connectivity index (χ1) is 15.6.